The third-order valence-electron chi connectivity index (χ3n) is 4.72. The van der Waals surface area contributed by atoms with E-state index in [4.69, 9.17) is 9.15 Å². The molecule has 0 bridgehead atoms. The Kier molecular flexibility index (Phi) is 11.0. The van der Waals surface area contributed by atoms with Crippen LogP contribution in [0.5, 0.6) is 0 Å². The monoisotopic (exact) mass is 476 g/mol. The number of carbonyl (C=O) groups excluding carboxylic acids is 1. The zero-order valence-electron chi connectivity index (χ0n) is 20.5. The van der Waals surface area contributed by atoms with Gasteiger partial charge in [-0.25, -0.2) is 14.6 Å². The van der Waals surface area contributed by atoms with Crippen LogP contribution in [0.1, 0.15) is 38.8 Å². The number of rotatable bonds is 7. The zero-order chi connectivity index (χ0) is 25.6. The Labute approximate surface area is 205 Å². The number of carbonyl (C=O) groups is 2. The van der Waals surface area contributed by atoms with E-state index in [-0.39, 0.29) is 13.0 Å². The van der Waals surface area contributed by atoms with Crippen LogP contribution in [-0.4, -0.2) is 28.2 Å². The van der Waals surface area contributed by atoms with E-state index in [0.29, 0.717) is 22.6 Å². The number of carboxylic acids is 1. The highest BCUT2D eigenvalue weighted by atomic mass is 16.5. The second-order valence-corrected chi connectivity index (χ2v) is 6.99. The lowest BCUT2D eigenvalue weighted by atomic mass is 10.1. The maximum Gasteiger partial charge on any atom is 0.408 e. The number of ether oxygens (including phenoxy) is 1. The van der Waals surface area contributed by atoms with E-state index in [1.165, 1.54) is 0 Å². The SMILES string of the molecule is CC.CC.O=C(NC(Cc1ccccc1)C(=O)O)OCc1ccc2oc(-c3ccccc3)nc2c1. The van der Waals surface area contributed by atoms with Crippen molar-refractivity contribution in [1.29, 1.82) is 0 Å². The minimum absolute atomic E-state index is 0.0209. The molecule has 2 N–H and O–H groups in total. The van der Waals surface area contributed by atoms with Crippen molar-refractivity contribution in [2.24, 2.45) is 0 Å². The minimum Gasteiger partial charge on any atom is -0.480 e. The van der Waals surface area contributed by atoms with Gasteiger partial charge in [-0.1, -0.05) is 82.3 Å². The van der Waals surface area contributed by atoms with E-state index < -0.39 is 18.1 Å². The highest BCUT2D eigenvalue weighted by molar-refractivity contribution is 5.80. The minimum atomic E-state index is -1.13. The molecule has 0 saturated heterocycles. The zero-order valence-corrected chi connectivity index (χ0v) is 20.5. The van der Waals surface area contributed by atoms with Crippen LogP contribution in [0.25, 0.3) is 22.6 Å². The molecule has 7 nitrogen and oxygen atoms in total. The van der Waals surface area contributed by atoms with Gasteiger partial charge < -0.3 is 19.6 Å². The van der Waals surface area contributed by atoms with Crippen LogP contribution in [0.15, 0.2) is 83.3 Å². The summed E-state index contributed by atoms with van der Waals surface area (Å²) in [4.78, 5) is 28.1. The molecule has 1 heterocycles. The number of fused-ring (bicyclic) bond motifs is 1. The van der Waals surface area contributed by atoms with E-state index in [2.05, 4.69) is 10.3 Å². The first-order chi connectivity index (χ1) is 17.1. The first-order valence-electron chi connectivity index (χ1n) is 11.7. The van der Waals surface area contributed by atoms with Gasteiger partial charge in [-0.2, -0.15) is 0 Å². The molecule has 0 saturated carbocycles. The summed E-state index contributed by atoms with van der Waals surface area (Å²) in [6, 6.07) is 22.9. The average molecular weight is 477 g/mol. The van der Waals surface area contributed by atoms with Gasteiger partial charge in [-0.3, -0.25) is 0 Å². The van der Waals surface area contributed by atoms with Crippen molar-refractivity contribution in [2.75, 3.05) is 0 Å². The molecule has 1 atom stereocenters. The van der Waals surface area contributed by atoms with Crippen molar-refractivity contribution >= 4 is 23.2 Å². The Morgan fingerprint density at radius 1 is 0.914 bits per heavy atom. The number of alkyl carbamates (subject to hydrolysis) is 1. The van der Waals surface area contributed by atoms with E-state index in [1.54, 1.807) is 30.3 Å². The number of hydrogen-bond donors (Lipinski definition) is 2. The second-order valence-electron chi connectivity index (χ2n) is 6.99. The second kappa shape index (κ2) is 14.2. The molecular weight excluding hydrogens is 444 g/mol. The normalized spacial score (nSPS) is 10.7. The van der Waals surface area contributed by atoms with Crippen LogP contribution in [0.3, 0.4) is 0 Å². The largest absolute Gasteiger partial charge is 0.480 e. The number of amides is 1. The van der Waals surface area contributed by atoms with Crippen molar-refractivity contribution in [3.05, 3.63) is 90.0 Å². The topological polar surface area (TPSA) is 102 Å². The predicted octanol–water partition coefficient (Wildman–Crippen LogP) is 6.47. The quantitative estimate of drug-likeness (QED) is 0.317. The highest BCUT2D eigenvalue weighted by Crippen LogP contribution is 2.24. The van der Waals surface area contributed by atoms with Crippen LogP contribution >= 0.6 is 0 Å². The van der Waals surface area contributed by atoms with Crippen LogP contribution in [0.2, 0.25) is 0 Å². The van der Waals surface area contributed by atoms with Gasteiger partial charge >= 0.3 is 12.1 Å². The third kappa shape index (κ3) is 7.99. The van der Waals surface area contributed by atoms with Gasteiger partial charge in [0, 0.05) is 12.0 Å². The standard InChI is InChI=1S/C24H20N2O5.2C2H6/c27-23(28)20(13-16-7-3-1-4-8-16)26-24(29)30-15-17-11-12-21-19(14-17)25-22(31-21)18-9-5-2-6-10-18;2*1-2/h1-12,14,20H,13,15H2,(H,26,29)(H,27,28);2*1-2H3. The first-order valence-corrected chi connectivity index (χ1v) is 11.7. The Bertz CT molecular complexity index is 1190. The molecule has 3 aromatic carbocycles. The molecule has 0 aliphatic heterocycles. The lowest BCUT2D eigenvalue weighted by Gasteiger charge is -2.14. The van der Waals surface area contributed by atoms with Crippen LogP contribution in [0.4, 0.5) is 4.79 Å². The molecule has 1 unspecified atom stereocenters. The number of aliphatic carboxylic acids is 1. The van der Waals surface area contributed by atoms with Crippen LogP contribution in [0, 0.1) is 0 Å². The number of nitrogens with one attached hydrogen (secondary N) is 1. The van der Waals surface area contributed by atoms with Gasteiger partial charge in [-0.15, -0.1) is 0 Å². The summed E-state index contributed by atoms with van der Waals surface area (Å²) >= 11 is 0. The maximum absolute atomic E-state index is 12.1. The molecule has 0 radical (unpaired) electrons. The molecule has 184 valence electrons. The van der Waals surface area contributed by atoms with E-state index in [0.717, 1.165) is 11.1 Å². The molecule has 4 rings (SSSR count). The Hall–Kier alpha value is -4.13. The Morgan fingerprint density at radius 2 is 1.54 bits per heavy atom. The van der Waals surface area contributed by atoms with Crippen molar-refractivity contribution in [3.63, 3.8) is 0 Å². The van der Waals surface area contributed by atoms with E-state index in [1.807, 2.05) is 76.2 Å². The molecule has 1 aromatic heterocycles. The molecule has 0 aliphatic rings. The van der Waals surface area contributed by atoms with Crippen LogP contribution in [-0.2, 0) is 22.6 Å². The fourth-order valence-electron chi connectivity index (χ4n) is 3.15. The van der Waals surface area contributed by atoms with Crippen molar-refractivity contribution in [3.8, 4) is 11.5 Å². The molecule has 0 aliphatic carbocycles. The maximum atomic E-state index is 12.1. The lowest BCUT2D eigenvalue weighted by molar-refractivity contribution is -0.139. The Balaban J connectivity index is 0.00000103. The van der Waals surface area contributed by atoms with Gasteiger partial charge in [0.25, 0.3) is 0 Å². The van der Waals surface area contributed by atoms with Crippen molar-refractivity contribution < 1.29 is 23.8 Å². The van der Waals surface area contributed by atoms with Gasteiger partial charge in [0.05, 0.1) is 0 Å². The summed E-state index contributed by atoms with van der Waals surface area (Å²) in [5.74, 6) is -0.616. The Morgan fingerprint density at radius 3 is 2.17 bits per heavy atom. The molecule has 1 amide bonds. The molecule has 35 heavy (non-hydrogen) atoms. The summed E-state index contributed by atoms with van der Waals surface area (Å²) in [6.45, 7) is 7.98. The molecular formula is C28H32N2O5. The fourth-order valence-corrected chi connectivity index (χ4v) is 3.15. The average Bonchev–Trinajstić information content (AvgIpc) is 3.34. The number of carboxylic acid groups (broad SMARTS) is 1. The lowest BCUT2D eigenvalue weighted by Crippen LogP contribution is -2.42. The van der Waals surface area contributed by atoms with E-state index >= 15 is 0 Å². The molecule has 0 fully saturated rings. The van der Waals surface area contributed by atoms with Gasteiger partial charge in [0.1, 0.15) is 18.2 Å². The van der Waals surface area contributed by atoms with Crippen LogP contribution < -0.4 is 5.32 Å². The predicted molar refractivity (Wildman–Crippen MR) is 137 cm³/mol. The summed E-state index contributed by atoms with van der Waals surface area (Å²) in [5.41, 5.74) is 3.66. The molecule has 7 heteroatoms. The number of benzene rings is 3. The van der Waals surface area contributed by atoms with Gasteiger partial charge in [0.2, 0.25) is 5.89 Å². The first kappa shape index (κ1) is 27.1. The summed E-state index contributed by atoms with van der Waals surface area (Å²) in [5, 5.41) is 11.8. The van der Waals surface area contributed by atoms with Gasteiger partial charge in [-0.05, 0) is 35.4 Å². The number of aromatic nitrogens is 1. The molecule has 4 aromatic rings. The van der Waals surface area contributed by atoms with Crippen molar-refractivity contribution in [1.82, 2.24) is 10.3 Å². The van der Waals surface area contributed by atoms with Crippen molar-refractivity contribution in [2.45, 2.75) is 46.8 Å². The summed E-state index contributed by atoms with van der Waals surface area (Å²) in [7, 11) is 0. The summed E-state index contributed by atoms with van der Waals surface area (Å²) in [6.07, 6.45) is -0.633. The highest BCUT2D eigenvalue weighted by Gasteiger charge is 2.21. The summed E-state index contributed by atoms with van der Waals surface area (Å²) < 4.78 is 11.0. The van der Waals surface area contributed by atoms with Gasteiger partial charge in [0.15, 0.2) is 5.58 Å². The third-order valence-corrected chi connectivity index (χ3v) is 4.72. The number of nitrogens with zero attached hydrogens (tertiary/aromatic N) is 1. The fraction of sp³-hybridized carbons (Fsp3) is 0.250. The van der Waals surface area contributed by atoms with E-state index in [9.17, 15) is 14.7 Å². The number of hydrogen-bond acceptors (Lipinski definition) is 5. The molecule has 0 spiro atoms. The smallest absolute Gasteiger partial charge is 0.408 e. The number of oxazole rings is 1.